The quantitative estimate of drug-likeness (QED) is 0.646. The van der Waals surface area contributed by atoms with E-state index in [2.05, 4.69) is 4.74 Å². The average Bonchev–Trinajstić information content (AvgIpc) is 2.50. The predicted octanol–water partition coefficient (Wildman–Crippen LogP) is 4.39. The van der Waals surface area contributed by atoms with Gasteiger partial charge >= 0.3 is 11.9 Å². The highest BCUT2D eigenvalue weighted by atomic mass is 19.1. The normalized spacial score (nSPS) is 11.9. The number of methoxy groups -OCH3 is 1. The van der Waals surface area contributed by atoms with Crippen molar-refractivity contribution in [3.05, 3.63) is 64.5 Å². The lowest BCUT2D eigenvalue weighted by atomic mass is 9.96. The first-order chi connectivity index (χ1) is 10.8. The van der Waals surface area contributed by atoms with Crippen LogP contribution < -0.4 is 0 Å². The number of aromatic carboxylic acids is 1. The van der Waals surface area contributed by atoms with Crippen LogP contribution in [0.15, 0.2) is 47.8 Å². The van der Waals surface area contributed by atoms with Crippen molar-refractivity contribution in [1.29, 1.82) is 0 Å². The summed E-state index contributed by atoms with van der Waals surface area (Å²) in [5.74, 6) is -2.45. The molecule has 0 aliphatic heterocycles. The second-order valence-corrected chi connectivity index (χ2v) is 5.04. The third-order valence-electron chi connectivity index (χ3n) is 2.97. The first kappa shape index (κ1) is 18.4. The van der Waals surface area contributed by atoms with Crippen molar-refractivity contribution in [1.82, 2.24) is 0 Å². The van der Waals surface area contributed by atoms with Crippen molar-refractivity contribution < 1.29 is 23.8 Å². The molecule has 23 heavy (non-hydrogen) atoms. The number of hydrogen-bond acceptors (Lipinski definition) is 3. The van der Waals surface area contributed by atoms with Crippen LogP contribution in [0.1, 0.15) is 47.1 Å². The predicted molar refractivity (Wildman–Crippen MR) is 87.0 cm³/mol. The monoisotopic (exact) mass is 318 g/mol. The number of carboxylic acid groups (broad SMARTS) is 1. The van der Waals surface area contributed by atoms with Gasteiger partial charge in [0.15, 0.2) is 0 Å². The van der Waals surface area contributed by atoms with Crippen LogP contribution in [0.2, 0.25) is 0 Å². The highest BCUT2D eigenvalue weighted by Crippen LogP contribution is 2.27. The Bertz CT molecular complexity index is 708. The fourth-order valence-electron chi connectivity index (χ4n) is 2.00. The maximum Gasteiger partial charge on any atom is 0.337 e. The van der Waals surface area contributed by atoms with Crippen LogP contribution in [0.25, 0.3) is 5.57 Å². The maximum atomic E-state index is 14.4. The van der Waals surface area contributed by atoms with Crippen molar-refractivity contribution >= 4 is 17.5 Å². The Morgan fingerprint density at radius 1 is 1.22 bits per heavy atom. The molecule has 0 radical (unpaired) electrons. The molecule has 1 N–H and O–H groups in total. The lowest BCUT2D eigenvalue weighted by Gasteiger charge is -2.10. The molecule has 4 nitrogen and oxygen atoms in total. The second-order valence-electron chi connectivity index (χ2n) is 5.04. The molecule has 0 spiro atoms. The van der Waals surface area contributed by atoms with E-state index in [-0.39, 0.29) is 22.3 Å². The number of carboxylic acids is 1. The molecule has 0 saturated carbocycles. The van der Waals surface area contributed by atoms with Crippen molar-refractivity contribution in [2.45, 2.75) is 20.8 Å². The topological polar surface area (TPSA) is 63.6 Å². The van der Waals surface area contributed by atoms with Gasteiger partial charge in [-0.2, -0.15) is 0 Å². The Morgan fingerprint density at radius 3 is 2.35 bits per heavy atom. The number of carbonyl (C=O) groups excluding carboxylic acids is 1. The van der Waals surface area contributed by atoms with Crippen LogP contribution in [0.5, 0.6) is 0 Å². The summed E-state index contributed by atoms with van der Waals surface area (Å²) in [5.41, 5.74) is 1.00. The fourth-order valence-corrected chi connectivity index (χ4v) is 2.00. The fraction of sp³-hybridized carbons (Fsp3) is 0.222. The van der Waals surface area contributed by atoms with Crippen LogP contribution in [-0.2, 0) is 4.74 Å². The third-order valence-corrected chi connectivity index (χ3v) is 2.97. The number of hydrogen-bond donors (Lipinski definition) is 1. The van der Waals surface area contributed by atoms with E-state index in [1.165, 1.54) is 37.5 Å². The van der Waals surface area contributed by atoms with Crippen molar-refractivity contribution in [3.63, 3.8) is 0 Å². The minimum absolute atomic E-state index is 0.0936. The number of benzene rings is 1. The Kier molecular flexibility index (Phi) is 6.45. The first-order valence-electron chi connectivity index (χ1n) is 6.95. The van der Waals surface area contributed by atoms with Gasteiger partial charge in [-0.05, 0) is 44.5 Å². The number of halogens is 1. The molecule has 5 heteroatoms. The molecule has 0 unspecified atom stereocenters. The summed E-state index contributed by atoms with van der Waals surface area (Å²) in [6.07, 6.45) is 4.44. The van der Waals surface area contributed by atoms with E-state index >= 15 is 0 Å². The van der Waals surface area contributed by atoms with Gasteiger partial charge in [0.25, 0.3) is 0 Å². The summed E-state index contributed by atoms with van der Waals surface area (Å²) in [4.78, 5) is 23.1. The lowest BCUT2D eigenvalue weighted by Crippen LogP contribution is -2.07. The zero-order chi connectivity index (χ0) is 17.6. The van der Waals surface area contributed by atoms with Crippen LogP contribution in [0.4, 0.5) is 4.39 Å². The molecule has 1 aromatic carbocycles. The van der Waals surface area contributed by atoms with E-state index in [0.717, 1.165) is 5.57 Å². The van der Waals surface area contributed by atoms with Gasteiger partial charge < -0.3 is 9.84 Å². The highest BCUT2D eigenvalue weighted by molar-refractivity contribution is 5.99. The molecule has 0 aromatic heterocycles. The van der Waals surface area contributed by atoms with Crippen molar-refractivity contribution in [2.24, 2.45) is 0 Å². The van der Waals surface area contributed by atoms with Gasteiger partial charge in [0.05, 0.1) is 18.2 Å². The average molecular weight is 318 g/mol. The standard InChI is InChI=1S/C18H19FO4/c1-5-6-14(16(19)9-11(2)3)13-8-7-12(18(22)23-4)10-15(13)17(20)21/h5-10H,1-4H3,(H,20,21). The van der Waals surface area contributed by atoms with Crippen molar-refractivity contribution in [3.8, 4) is 0 Å². The Hall–Kier alpha value is -2.69. The van der Waals surface area contributed by atoms with E-state index in [0.29, 0.717) is 0 Å². The summed E-state index contributed by atoms with van der Waals surface area (Å²) in [6, 6.07) is 4.00. The summed E-state index contributed by atoms with van der Waals surface area (Å²) in [7, 11) is 1.20. The summed E-state index contributed by atoms with van der Waals surface area (Å²) in [5, 5.41) is 9.39. The first-order valence-corrected chi connectivity index (χ1v) is 6.95. The number of rotatable bonds is 5. The molecular formula is C18H19FO4. The molecule has 0 bridgehead atoms. The van der Waals surface area contributed by atoms with Crippen LogP contribution in [-0.4, -0.2) is 24.2 Å². The smallest absolute Gasteiger partial charge is 0.337 e. The molecule has 122 valence electrons. The molecule has 0 atom stereocenters. The van der Waals surface area contributed by atoms with Gasteiger partial charge in [0, 0.05) is 5.57 Å². The van der Waals surface area contributed by atoms with E-state index < -0.39 is 17.8 Å². The Labute approximate surface area is 134 Å². The van der Waals surface area contributed by atoms with Crippen molar-refractivity contribution in [2.75, 3.05) is 7.11 Å². The largest absolute Gasteiger partial charge is 0.478 e. The zero-order valence-electron chi connectivity index (χ0n) is 13.5. The molecule has 0 aliphatic carbocycles. The molecule has 0 fully saturated rings. The Balaban J connectivity index is 3.64. The molecule has 0 aliphatic rings. The summed E-state index contributed by atoms with van der Waals surface area (Å²) in [6.45, 7) is 5.19. The van der Waals surface area contributed by atoms with Gasteiger partial charge in [0.2, 0.25) is 0 Å². The summed E-state index contributed by atoms with van der Waals surface area (Å²) < 4.78 is 19.0. The second kappa shape index (κ2) is 8.08. The van der Waals surface area contributed by atoms with Gasteiger partial charge in [0.1, 0.15) is 5.83 Å². The molecule has 0 saturated heterocycles. The third kappa shape index (κ3) is 4.64. The minimum atomic E-state index is -1.25. The van der Waals surface area contributed by atoms with E-state index in [1.807, 2.05) is 0 Å². The minimum Gasteiger partial charge on any atom is -0.478 e. The molecule has 0 heterocycles. The molecule has 1 rings (SSSR count). The van der Waals surface area contributed by atoms with Gasteiger partial charge in [-0.3, -0.25) is 0 Å². The Morgan fingerprint density at radius 2 is 1.87 bits per heavy atom. The van der Waals surface area contributed by atoms with Gasteiger partial charge in [-0.25, -0.2) is 14.0 Å². The van der Waals surface area contributed by atoms with Crippen LogP contribution in [0, 0.1) is 0 Å². The number of carbonyl (C=O) groups is 2. The number of esters is 1. The molecule has 0 amide bonds. The van der Waals surface area contributed by atoms with Gasteiger partial charge in [-0.15, -0.1) is 0 Å². The molecular weight excluding hydrogens is 299 g/mol. The number of allylic oxidation sites excluding steroid dienone is 6. The van der Waals surface area contributed by atoms with E-state index in [9.17, 15) is 19.1 Å². The van der Waals surface area contributed by atoms with E-state index in [1.54, 1.807) is 26.8 Å². The lowest BCUT2D eigenvalue weighted by molar-refractivity contribution is 0.0600. The zero-order valence-corrected chi connectivity index (χ0v) is 13.5. The molecule has 1 aromatic rings. The van der Waals surface area contributed by atoms with E-state index in [4.69, 9.17) is 0 Å². The SMILES string of the molecule is CC=CC(=C(F)C=C(C)C)c1ccc(C(=O)OC)cc1C(=O)O. The summed E-state index contributed by atoms with van der Waals surface area (Å²) >= 11 is 0. The van der Waals surface area contributed by atoms with Crippen LogP contribution >= 0.6 is 0 Å². The van der Waals surface area contributed by atoms with Crippen LogP contribution in [0.3, 0.4) is 0 Å². The van der Waals surface area contributed by atoms with Gasteiger partial charge in [-0.1, -0.05) is 23.8 Å². The maximum absolute atomic E-state index is 14.4. The number of ether oxygens (including phenoxy) is 1. The highest BCUT2D eigenvalue weighted by Gasteiger charge is 2.18.